The van der Waals surface area contributed by atoms with Gasteiger partial charge in [0.1, 0.15) is 5.75 Å². The largest absolute Gasteiger partial charge is 0.493 e. The van der Waals surface area contributed by atoms with Crippen molar-refractivity contribution in [1.82, 2.24) is 0 Å². The number of nitrogens with zero attached hydrogens (tertiary/aromatic N) is 1. The summed E-state index contributed by atoms with van der Waals surface area (Å²) < 4.78 is 11.1. The molecule has 0 bridgehead atoms. The minimum Gasteiger partial charge on any atom is -0.493 e. The molecule has 1 aliphatic heterocycles. The van der Waals surface area contributed by atoms with Crippen molar-refractivity contribution in [3.05, 3.63) is 29.8 Å². The Labute approximate surface area is 114 Å². The zero-order valence-electron chi connectivity index (χ0n) is 11.3. The van der Waals surface area contributed by atoms with Crippen molar-refractivity contribution in [3.63, 3.8) is 0 Å². The van der Waals surface area contributed by atoms with Crippen molar-refractivity contribution in [2.24, 2.45) is 11.1 Å². The van der Waals surface area contributed by atoms with E-state index in [9.17, 15) is 0 Å². The van der Waals surface area contributed by atoms with Crippen molar-refractivity contribution >= 4 is 5.71 Å². The minimum atomic E-state index is 0.531. The second kappa shape index (κ2) is 7.14. The molecule has 1 aromatic carbocycles. The van der Waals surface area contributed by atoms with Gasteiger partial charge in [-0.1, -0.05) is 17.3 Å². The monoisotopic (exact) mass is 263 g/mol. The van der Waals surface area contributed by atoms with Crippen molar-refractivity contribution in [2.75, 3.05) is 19.8 Å². The van der Waals surface area contributed by atoms with Crippen LogP contribution in [0.5, 0.6) is 5.75 Å². The van der Waals surface area contributed by atoms with E-state index in [1.54, 1.807) is 0 Å². The predicted octanol–water partition coefficient (Wildman–Crippen LogP) is 2.88. The normalized spacial score (nSPS) is 19.6. The molecule has 0 aromatic heterocycles. The van der Waals surface area contributed by atoms with Gasteiger partial charge < -0.3 is 14.7 Å². The van der Waals surface area contributed by atoms with Crippen molar-refractivity contribution < 1.29 is 14.7 Å². The molecule has 1 unspecified atom stereocenters. The second-order valence-corrected chi connectivity index (χ2v) is 5.02. The zero-order chi connectivity index (χ0) is 13.5. The minimum absolute atomic E-state index is 0.531. The lowest BCUT2D eigenvalue weighted by Crippen LogP contribution is -2.11. The second-order valence-electron chi connectivity index (χ2n) is 5.02. The van der Waals surface area contributed by atoms with Gasteiger partial charge in [0.15, 0.2) is 0 Å². The molecule has 0 radical (unpaired) electrons. The van der Waals surface area contributed by atoms with E-state index >= 15 is 0 Å². The molecule has 4 heteroatoms. The summed E-state index contributed by atoms with van der Waals surface area (Å²) in [6, 6.07) is 8.11. The standard InChI is InChI=1S/C15H21NO3/c1-12(16-17)2-3-13-4-6-15(7-5-13)19-11-14-8-9-18-10-14/h4-7,14,17H,2-3,8-11H2,1H3/b16-12+. The van der Waals surface area contributed by atoms with E-state index in [0.29, 0.717) is 5.92 Å². The van der Waals surface area contributed by atoms with E-state index in [1.807, 2.05) is 19.1 Å². The Hall–Kier alpha value is -1.55. The molecule has 1 heterocycles. The summed E-state index contributed by atoms with van der Waals surface area (Å²) in [5.41, 5.74) is 1.97. The summed E-state index contributed by atoms with van der Waals surface area (Å²) in [7, 11) is 0. The average Bonchev–Trinajstić information content (AvgIpc) is 2.97. The Morgan fingerprint density at radius 2 is 2.21 bits per heavy atom. The van der Waals surface area contributed by atoms with Crippen LogP contribution in [0.15, 0.2) is 29.4 Å². The van der Waals surface area contributed by atoms with Crippen LogP contribution in [-0.4, -0.2) is 30.7 Å². The van der Waals surface area contributed by atoms with Crippen molar-refractivity contribution in [2.45, 2.75) is 26.2 Å². The molecular formula is C15H21NO3. The molecule has 1 aliphatic rings. The highest BCUT2D eigenvalue weighted by Crippen LogP contribution is 2.17. The third-order valence-electron chi connectivity index (χ3n) is 3.38. The molecule has 1 saturated heterocycles. The smallest absolute Gasteiger partial charge is 0.119 e. The lowest BCUT2D eigenvalue weighted by atomic mass is 10.1. The molecule has 1 atom stereocenters. The summed E-state index contributed by atoms with van der Waals surface area (Å²) in [6.45, 7) is 4.23. The molecule has 2 rings (SSSR count). The molecule has 104 valence electrons. The number of hydrogen-bond acceptors (Lipinski definition) is 4. The Morgan fingerprint density at radius 1 is 1.42 bits per heavy atom. The fourth-order valence-electron chi connectivity index (χ4n) is 2.06. The van der Waals surface area contributed by atoms with Gasteiger partial charge in [-0.2, -0.15) is 0 Å². The summed E-state index contributed by atoms with van der Waals surface area (Å²) in [4.78, 5) is 0. The van der Waals surface area contributed by atoms with Gasteiger partial charge in [0.05, 0.1) is 18.9 Å². The van der Waals surface area contributed by atoms with Gasteiger partial charge in [-0.05, 0) is 43.9 Å². The molecule has 1 aromatic rings. The highest BCUT2D eigenvalue weighted by atomic mass is 16.5. The van der Waals surface area contributed by atoms with Gasteiger partial charge in [0.2, 0.25) is 0 Å². The molecule has 1 fully saturated rings. The van der Waals surface area contributed by atoms with Crippen LogP contribution in [0, 0.1) is 5.92 Å². The van der Waals surface area contributed by atoms with Crippen LogP contribution >= 0.6 is 0 Å². The van der Waals surface area contributed by atoms with E-state index in [-0.39, 0.29) is 0 Å². The van der Waals surface area contributed by atoms with Gasteiger partial charge in [-0.3, -0.25) is 0 Å². The van der Waals surface area contributed by atoms with E-state index in [1.165, 1.54) is 5.56 Å². The number of rotatable bonds is 6. The molecule has 0 aliphatic carbocycles. The van der Waals surface area contributed by atoms with Gasteiger partial charge in [0, 0.05) is 12.5 Å². The highest BCUT2D eigenvalue weighted by Gasteiger charge is 2.15. The van der Waals surface area contributed by atoms with Crippen LogP contribution in [0.2, 0.25) is 0 Å². The summed E-state index contributed by atoms with van der Waals surface area (Å²) in [6.07, 6.45) is 2.75. The fraction of sp³-hybridized carbons (Fsp3) is 0.533. The average molecular weight is 263 g/mol. The van der Waals surface area contributed by atoms with E-state index in [4.69, 9.17) is 14.7 Å². The van der Waals surface area contributed by atoms with Crippen LogP contribution in [0.4, 0.5) is 0 Å². The lowest BCUT2D eigenvalue weighted by molar-refractivity contribution is 0.167. The Morgan fingerprint density at radius 3 is 2.84 bits per heavy atom. The Balaban J connectivity index is 1.77. The molecule has 1 N–H and O–H groups in total. The Bertz CT molecular complexity index is 408. The van der Waals surface area contributed by atoms with Gasteiger partial charge in [0.25, 0.3) is 0 Å². The third kappa shape index (κ3) is 4.56. The van der Waals surface area contributed by atoms with Crippen molar-refractivity contribution in [3.8, 4) is 5.75 Å². The summed E-state index contributed by atoms with van der Waals surface area (Å²) in [5, 5.41) is 11.8. The summed E-state index contributed by atoms with van der Waals surface area (Å²) >= 11 is 0. The number of benzene rings is 1. The molecule has 0 saturated carbocycles. The third-order valence-corrected chi connectivity index (χ3v) is 3.38. The molecule has 0 spiro atoms. The first-order valence-electron chi connectivity index (χ1n) is 6.75. The zero-order valence-corrected chi connectivity index (χ0v) is 11.3. The number of aryl methyl sites for hydroxylation is 1. The van der Waals surface area contributed by atoms with Gasteiger partial charge >= 0.3 is 0 Å². The quantitative estimate of drug-likeness (QED) is 0.488. The predicted molar refractivity (Wildman–Crippen MR) is 74.1 cm³/mol. The van der Waals surface area contributed by atoms with Crippen LogP contribution in [0.25, 0.3) is 0 Å². The number of hydrogen-bond donors (Lipinski definition) is 1. The molecular weight excluding hydrogens is 242 g/mol. The van der Waals surface area contributed by atoms with Crippen LogP contribution < -0.4 is 4.74 Å². The lowest BCUT2D eigenvalue weighted by Gasteiger charge is -2.10. The first-order chi connectivity index (χ1) is 9.28. The van der Waals surface area contributed by atoms with Gasteiger partial charge in [-0.15, -0.1) is 0 Å². The molecule has 4 nitrogen and oxygen atoms in total. The van der Waals surface area contributed by atoms with E-state index < -0.39 is 0 Å². The first kappa shape index (κ1) is 13.9. The maximum absolute atomic E-state index is 8.59. The summed E-state index contributed by atoms with van der Waals surface area (Å²) in [5.74, 6) is 1.44. The van der Waals surface area contributed by atoms with E-state index in [2.05, 4.69) is 17.3 Å². The highest BCUT2D eigenvalue weighted by molar-refractivity contribution is 5.81. The molecule has 0 amide bonds. The number of ether oxygens (including phenoxy) is 2. The van der Waals surface area contributed by atoms with Crippen LogP contribution in [-0.2, 0) is 11.2 Å². The maximum atomic E-state index is 8.59. The Kier molecular flexibility index (Phi) is 5.21. The SMILES string of the molecule is C/C(CCc1ccc(OCC2CCOC2)cc1)=N\O. The fourth-order valence-corrected chi connectivity index (χ4v) is 2.06. The van der Waals surface area contributed by atoms with Crippen molar-refractivity contribution in [1.29, 1.82) is 0 Å². The van der Waals surface area contributed by atoms with Crippen LogP contribution in [0.1, 0.15) is 25.3 Å². The molecule has 19 heavy (non-hydrogen) atoms. The first-order valence-corrected chi connectivity index (χ1v) is 6.75. The van der Waals surface area contributed by atoms with Crippen LogP contribution in [0.3, 0.4) is 0 Å². The maximum Gasteiger partial charge on any atom is 0.119 e. The van der Waals surface area contributed by atoms with Gasteiger partial charge in [-0.25, -0.2) is 0 Å². The topological polar surface area (TPSA) is 51.0 Å². The van der Waals surface area contributed by atoms with E-state index in [0.717, 1.165) is 50.5 Å². The number of oxime groups is 1.